The van der Waals surface area contributed by atoms with Crippen molar-refractivity contribution in [1.29, 1.82) is 0 Å². The van der Waals surface area contributed by atoms with Crippen LogP contribution in [0, 0.1) is 0 Å². The van der Waals surface area contributed by atoms with Crippen LogP contribution in [0.2, 0.25) is 5.02 Å². The van der Waals surface area contributed by atoms with Crippen LogP contribution in [-0.4, -0.2) is 31.4 Å². The van der Waals surface area contributed by atoms with E-state index in [0.29, 0.717) is 11.1 Å². The van der Waals surface area contributed by atoms with E-state index in [1.807, 2.05) is 25.2 Å². The molecule has 0 amide bonds. The lowest BCUT2D eigenvalue weighted by Gasteiger charge is -2.28. The number of aliphatic hydroxyl groups is 1. The second-order valence-corrected chi connectivity index (χ2v) is 5.21. The number of rotatable bonds is 4. The number of benzene rings is 1. The molecule has 18 heavy (non-hydrogen) atoms. The molecule has 1 aliphatic rings. The van der Waals surface area contributed by atoms with Gasteiger partial charge in [0, 0.05) is 30.9 Å². The van der Waals surface area contributed by atoms with Gasteiger partial charge in [0.15, 0.2) is 0 Å². The van der Waals surface area contributed by atoms with Crippen molar-refractivity contribution in [3.63, 3.8) is 0 Å². The molecule has 1 heterocycles. The third-order valence-corrected chi connectivity index (χ3v) is 3.75. The number of halogens is 1. The number of nitrogens with zero attached hydrogens (tertiary/aromatic N) is 1. The maximum Gasteiger partial charge on any atom is 0.0749 e. The summed E-state index contributed by atoms with van der Waals surface area (Å²) in [6, 6.07) is 5.76. The van der Waals surface area contributed by atoms with Crippen LogP contribution in [0.4, 0.5) is 5.69 Å². The predicted octanol–water partition coefficient (Wildman–Crippen LogP) is 2.84. The first kappa shape index (κ1) is 13.7. The highest BCUT2D eigenvalue weighted by molar-refractivity contribution is 6.31. The summed E-state index contributed by atoms with van der Waals surface area (Å²) in [5.41, 5.74) is 1.83. The first-order valence-electron chi connectivity index (χ1n) is 6.42. The molecule has 4 heteroatoms. The number of hydrogen-bond donors (Lipinski definition) is 1. The van der Waals surface area contributed by atoms with E-state index in [1.54, 1.807) is 0 Å². The standard InChI is InChI=1S/C14H20ClNO2/c1-16(9-13-4-2-3-7-18-13)12-6-5-11(10-17)14(15)8-12/h5-6,8,13,17H,2-4,7,9-10H2,1H3. The third-order valence-electron chi connectivity index (χ3n) is 3.40. The van der Waals surface area contributed by atoms with Crippen LogP contribution in [0.3, 0.4) is 0 Å². The molecule has 1 unspecified atom stereocenters. The van der Waals surface area contributed by atoms with Crippen molar-refractivity contribution < 1.29 is 9.84 Å². The van der Waals surface area contributed by atoms with Gasteiger partial charge in [0.1, 0.15) is 0 Å². The molecule has 1 fully saturated rings. The lowest BCUT2D eigenvalue weighted by Crippen LogP contribution is -2.33. The van der Waals surface area contributed by atoms with Crippen LogP contribution in [0.25, 0.3) is 0 Å². The summed E-state index contributed by atoms with van der Waals surface area (Å²) in [6.45, 7) is 1.74. The zero-order valence-electron chi connectivity index (χ0n) is 10.7. The van der Waals surface area contributed by atoms with Gasteiger partial charge in [-0.05, 0) is 37.0 Å². The number of likely N-dealkylation sites (N-methyl/N-ethyl adjacent to an activating group) is 1. The maximum absolute atomic E-state index is 9.09. The Bertz CT molecular complexity index is 391. The fourth-order valence-electron chi connectivity index (χ4n) is 2.26. The molecular formula is C14H20ClNO2. The van der Waals surface area contributed by atoms with Crippen molar-refractivity contribution in [2.75, 3.05) is 25.1 Å². The van der Waals surface area contributed by atoms with Crippen LogP contribution in [-0.2, 0) is 11.3 Å². The van der Waals surface area contributed by atoms with Crippen LogP contribution < -0.4 is 4.90 Å². The molecule has 0 aromatic heterocycles. The maximum atomic E-state index is 9.09. The molecule has 100 valence electrons. The zero-order chi connectivity index (χ0) is 13.0. The Morgan fingerprint density at radius 2 is 2.28 bits per heavy atom. The number of ether oxygens (including phenoxy) is 1. The van der Waals surface area contributed by atoms with Crippen molar-refractivity contribution in [3.8, 4) is 0 Å². The minimum atomic E-state index is -0.0193. The largest absolute Gasteiger partial charge is 0.392 e. The van der Waals surface area contributed by atoms with Crippen molar-refractivity contribution in [2.45, 2.75) is 32.0 Å². The van der Waals surface area contributed by atoms with Crippen LogP contribution in [0.5, 0.6) is 0 Å². The van der Waals surface area contributed by atoms with Crippen molar-refractivity contribution in [2.24, 2.45) is 0 Å². The van der Waals surface area contributed by atoms with E-state index in [2.05, 4.69) is 4.90 Å². The molecule has 0 radical (unpaired) electrons. The smallest absolute Gasteiger partial charge is 0.0749 e. The number of anilines is 1. The molecule has 0 spiro atoms. The van der Waals surface area contributed by atoms with Gasteiger partial charge in [-0.1, -0.05) is 17.7 Å². The molecule has 1 N–H and O–H groups in total. The van der Waals surface area contributed by atoms with E-state index in [1.165, 1.54) is 12.8 Å². The van der Waals surface area contributed by atoms with Gasteiger partial charge < -0.3 is 14.7 Å². The lowest BCUT2D eigenvalue weighted by molar-refractivity contribution is 0.0216. The van der Waals surface area contributed by atoms with Crippen LogP contribution >= 0.6 is 11.6 Å². The first-order chi connectivity index (χ1) is 8.70. The Labute approximate surface area is 113 Å². The van der Waals surface area contributed by atoms with Crippen LogP contribution in [0.1, 0.15) is 24.8 Å². The molecule has 2 rings (SSSR count). The zero-order valence-corrected chi connectivity index (χ0v) is 11.5. The average Bonchev–Trinajstić information content (AvgIpc) is 2.39. The molecule has 1 atom stereocenters. The first-order valence-corrected chi connectivity index (χ1v) is 6.80. The normalized spacial score (nSPS) is 19.8. The van der Waals surface area contributed by atoms with Crippen molar-refractivity contribution in [3.05, 3.63) is 28.8 Å². The van der Waals surface area contributed by atoms with E-state index in [0.717, 1.165) is 30.8 Å². The van der Waals surface area contributed by atoms with Gasteiger partial charge >= 0.3 is 0 Å². The monoisotopic (exact) mass is 269 g/mol. The Balaban J connectivity index is 1.99. The van der Waals surface area contributed by atoms with Crippen molar-refractivity contribution >= 4 is 17.3 Å². The summed E-state index contributed by atoms with van der Waals surface area (Å²) in [4.78, 5) is 2.16. The quantitative estimate of drug-likeness (QED) is 0.912. The van der Waals surface area contributed by atoms with E-state index in [4.69, 9.17) is 21.4 Å². The predicted molar refractivity (Wildman–Crippen MR) is 74.2 cm³/mol. The van der Waals surface area contributed by atoms with Gasteiger partial charge in [-0.2, -0.15) is 0 Å². The second kappa shape index (κ2) is 6.41. The molecule has 3 nitrogen and oxygen atoms in total. The summed E-state index contributed by atoms with van der Waals surface area (Å²) < 4.78 is 5.73. The Kier molecular flexibility index (Phi) is 4.87. The van der Waals surface area contributed by atoms with Gasteiger partial charge in [-0.3, -0.25) is 0 Å². The molecule has 1 saturated heterocycles. The highest BCUT2D eigenvalue weighted by atomic mass is 35.5. The fourth-order valence-corrected chi connectivity index (χ4v) is 2.50. The molecular weight excluding hydrogens is 250 g/mol. The second-order valence-electron chi connectivity index (χ2n) is 4.80. The molecule has 1 aliphatic heterocycles. The lowest BCUT2D eigenvalue weighted by atomic mass is 10.1. The van der Waals surface area contributed by atoms with Crippen LogP contribution in [0.15, 0.2) is 18.2 Å². The molecule has 0 aliphatic carbocycles. The highest BCUT2D eigenvalue weighted by Crippen LogP contribution is 2.24. The topological polar surface area (TPSA) is 32.7 Å². The van der Waals surface area contributed by atoms with Gasteiger partial charge in [-0.15, -0.1) is 0 Å². The Morgan fingerprint density at radius 3 is 2.89 bits per heavy atom. The molecule has 1 aromatic rings. The third kappa shape index (κ3) is 3.37. The van der Waals surface area contributed by atoms with Gasteiger partial charge in [-0.25, -0.2) is 0 Å². The summed E-state index contributed by atoms with van der Waals surface area (Å²) in [5.74, 6) is 0. The fraction of sp³-hybridized carbons (Fsp3) is 0.571. The summed E-state index contributed by atoms with van der Waals surface area (Å²) in [7, 11) is 2.04. The minimum Gasteiger partial charge on any atom is -0.392 e. The molecule has 0 saturated carbocycles. The number of aliphatic hydroxyl groups excluding tert-OH is 1. The van der Waals surface area contributed by atoms with E-state index in [9.17, 15) is 0 Å². The number of hydrogen-bond acceptors (Lipinski definition) is 3. The van der Waals surface area contributed by atoms with Gasteiger partial charge in [0.25, 0.3) is 0 Å². The molecule has 0 bridgehead atoms. The van der Waals surface area contributed by atoms with E-state index < -0.39 is 0 Å². The van der Waals surface area contributed by atoms with E-state index in [-0.39, 0.29) is 6.61 Å². The Hall–Kier alpha value is -0.770. The SMILES string of the molecule is CN(CC1CCCCO1)c1ccc(CO)c(Cl)c1. The summed E-state index contributed by atoms with van der Waals surface area (Å²) >= 11 is 6.10. The average molecular weight is 270 g/mol. The van der Waals surface area contributed by atoms with E-state index >= 15 is 0 Å². The van der Waals surface area contributed by atoms with Gasteiger partial charge in [0.05, 0.1) is 12.7 Å². The summed E-state index contributed by atoms with van der Waals surface area (Å²) in [5, 5.41) is 9.71. The highest BCUT2D eigenvalue weighted by Gasteiger charge is 2.16. The van der Waals surface area contributed by atoms with Gasteiger partial charge in [0.2, 0.25) is 0 Å². The summed E-state index contributed by atoms with van der Waals surface area (Å²) in [6.07, 6.45) is 3.88. The minimum absolute atomic E-state index is 0.0193. The molecule has 1 aromatic carbocycles. The van der Waals surface area contributed by atoms with Crippen molar-refractivity contribution in [1.82, 2.24) is 0 Å². The Morgan fingerprint density at radius 1 is 1.44 bits per heavy atom.